The van der Waals surface area contributed by atoms with Crippen LogP contribution >= 0.6 is 0 Å². The molecule has 1 saturated carbocycles. The molecule has 0 aromatic heterocycles. The molecular weight excluding hydrogens is 304 g/mol. The Kier molecular flexibility index (Phi) is 6.10. The van der Waals surface area contributed by atoms with Crippen molar-refractivity contribution >= 4 is 6.09 Å². The summed E-state index contributed by atoms with van der Waals surface area (Å²) in [4.78, 5) is 14.3. The Balaban J connectivity index is 1.38. The lowest BCUT2D eigenvalue weighted by Crippen LogP contribution is -2.52. The summed E-state index contributed by atoms with van der Waals surface area (Å²) < 4.78 is 5.29. The summed E-state index contributed by atoms with van der Waals surface area (Å²) in [5.74, 6) is 0. The van der Waals surface area contributed by atoms with Gasteiger partial charge >= 0.3 is 6.09 Å². The van der Waals surface area contributed by atoms with Crippen molar-refractivity contribution in [3.05, 3.63) is 35.9 Å². The van der Waals surface area contributed by atoms with Gasteiger partial charge in [0.2, 0.25) is 0 Å². The average Bonchev–Trinajstić information content (AvgIpc) is 2.62. The van der Waals surface area contributed by atoms with E-state index in [0.29, 0.717) is 12.6 Å². The van der Waals surface area contributed by atoms with Crippen LogP contribution in [-0.4, -0.2) is 47.4 Å². The minimum absolute atomic E-state index is 0.172. The number of benzene rings is 1. The van der Waals surface area contributed by atoms with Crippen LogP contribution in [0.3, 0.4) is 0 Å². The predicted octanol–water partition coefficient (Wildman–Crippen LogP) is 2.68. The quantitative estimate of drug-likeness (QED) is 0.890. The molecule has 1 aromatic carbocycles. The number of carbonyl (C=O) groups excluding carboxylic acids is 1. The molecule has 5 nitrogen and oxygen atoms in total. The van der Waals surface area contributed by atoms with Crippen LogP contribution in [0.1, 0.15) is 44.1 Å². The predicted molar refractivity (Wildman–Crippen MR) is 92.6 cm³/mol. The van der Waals surface area contributed by atoms with Crippen molar-refractivity contribution in [2.45, 2.75) is 63.3 Å². The standard InChI is InChI=1S/C19H28N2O3/c22-18-9-5-4-8-17(18)21-12-10-16(11-13-21)20-19(23)24-14-15-6-2-1-3-7-15/h1-3,6-7,16-18,22H,4-5,8-14H2,(H,20,23). The number of amides is 1. The fraction of sp³-hybridized carbons (Fsp3) is 0.632. The SMILES string of the molecule is O=C(NC1CCN(C2CCCCC2O)CC1)OCc1ccccc1. The lowest BCUT2D eigenvalue weighted by molar-refractivity contribution is 0.00699. The van der Waals surface area contributed by atoms with Crippen molar-refractivity contribution in [3.63, 3.8) is 0 Å². The Morgan fingerprint density at radius 3 is 2.54 bits per heavy atom. The van der Waals surface area contributed by atoms with E-state index in [1.165, 1.54) is 6.42 Å². The highest BCUT2D eigenvalue weighted by Crippen LogP contribution is 2.25. The third kappa shape index (κ3) is 4.71. The fourth-order valence-electron chi connectivity index (χ4n) is 3.82. The van der Waals surface area contributed by atoms with Crippen molar-refractivity contribution < 1.29 is 14.6 Å². The normalized spacial score (nSPS) is 26.0. The molecule has 2 N–H and O–H groups in total. The van der Waals surface area contributed by atoms with E-state index in [1.807, 2.05) is 30.3 Å². The largest absolute Gasteiger partial charge is 0.445 e. The first-order chi connectivity index (χ1) is 11.7. The Hall–Kier alpha value is -1.59. The second-order valence-electron chi connectivity index (χ2n) is 6.94. The van der Waals surface area contributed by atoms with Gasteiger partial charge in [-0.05, 0) is 31.2 Å². The number of hydrogen-bond donors (Lipinski definition) is 2. The maximum absolute atomic E-state index is 11.9. The topological polar surface area (TPSA) is 61.8 Å². The van der Waals surface area contributed by atoms with E-state index in [9.17, 15) is 9.90 Å². The van der Waals surface area contributed by atoms with E-state index in [-0.39, 0.29) is 18.2 Å². The monoisotopic (exact) mass is 332 g/mol. The summed E-state index contributed by atoms with van der Waals surface area (Å²) in [5, 5.41) is 13.2. The third-order valence-electron chi connectivity index (χ3n) is 5.23. The second kappa shape index (κ2) is 8.49. The summed E-state index contributed by atoms with van der Waals surface area (Å²) in [6.45, 7) is 2.18. The Morgan fingerprint density at radius 1 is 1.12 bits per heavy atom. The summed E-state index contributed by atoms with van der Waals surface area (Å²) in [5.41, 5.74) is 0.994. The highest BCUT2D eigenvalue weighted by molar-refractivity contribution is 5.67. The highest BCUT2D eigenvalue weighted by atomic mass is 16.5. The Labute approximate surface area is 144 Å². The van der Waals surface area contributed by atoms with Gasteiger partial charge in [0.15, 0.2) is 0 Å². The molecule has 132 valence electrons. The molecular formula is C19H28N2O3. The van der Waals surface area contributed by atoms with Crippen LogP contribution in [-0.2, 0) is 11.3 Å². The molecule has 1 aliphatic heterocycles. The second-order valence-corrected chi connectivity index (χ2v) is 6.94. The summed E-state index contributed by atoms with van der Waals surface area (Å²) >= 11 is 0. The molecule has 1 heterocycles. The lowest BCUT2D eigenvalue weighted by Gasteiger charge is -2.41. The maximum atomic E-state index is 11.9. The minimum Gasteiger partial charge on any atom is -0.445 e. The summed E-state index contributed by atoms with van der Waals surface area (Å²) in [6, 6.07) is 10.2. The van der Waals surface area contributed by atoms with Crippen LogP contribution in [0.15, 0.2) is 30.3 Å². The van der Waals surface area contributed by atoms with Gasteiger partial charge in [0.05, 0.1) is 6.10 Å². The van der Waals surface area contributed by atoms with E-state index in [0.717, 1.165) is 50.8 Å². The lowest BCUT2D eigenvalue weighted by atomic mass is 9.89. The van der Waals surface area contributed by atoms with Gasteiger partial charge in [-0.2, -0.15) is 0 Å². The zero-order chi connectivity index (χ0) is 16.8. The smallest absolute Gasteiger partial charge is 0.407 e. The molecule has 0 spiro atoms. The van der Waals surface area contributed by atoms with E-state index in [2.05, 4.69) is 10.2 Å². The number of carbonyl (C=O) groups is 1. The van der Waals surface area contributed by atoms with Gasteiger partial charge < -0.3 is 15.2 Å². The highest BCUT2D eigenvalue weighted by Gasteiger charge is 2.31. The maximum Gasteiger partial charge on any atom is 0.407 e. The first kappa shape index (κ1) is 17.2. The van der Waals surface area contributed by atoms with Crippen LogP contribution in [0.2, 0.25) is 0 Å². The van der Waals surface area contributed by atoms with Crippen LogP contribution < -0.4 is 5.32 Å². The van der Waals surface area contributed by atoms with Gasteiger partial charge in [-0.3, -0.25) is 4.90 Å². The number of nitrogens with one attached hydrogen (secondary N) is 1. The van der Waals surface area contributed by atoms with Gasteiger partial charge in [0, 0.05) is 25.2 Å². The summed E-state index contributed by atoms with van der Waals surface area (Å²) in [7, 11) is 0. The van der Waals surface area contributed by atoms with Crippen LogP contribution in [0.25, 0.3) is 0 Å². The van der Waals surface area contributed by atoms with Crippen LogP contribution in [0.4, 0.5) is 4.79 Å². The number of aliphatic hydroxyl groups is 1. The minimum atomic E-state index is -0.338. The van der Waals surface area contributed by atoms with E-state index in [1.54, 1.807) is 0 Å². The zero-order valence-electron chi connectivity index (χ0n) is 14.2. The third-order valence-corrected chi connectivity index (χ3v) is 5.23. The number of alkyl carbamates (subject to hydrolysis) is 1. The number of rotatable bonds is 4. The van der Waals surface area contributed by atoms with E-state index >= 15 is 0 Å². The molecule has 5 heteroatoms. The van der Waals surface area contributed by atoms with Gasteiger partial charge in [-0.1, -0.05) is 43.2 Å². The van der Waals surface area contributed by atoms with Gasteiger partial charge in [-0.25, -0.2) is 4.79 Å². The molecule has 1 saturated heterocycles. The van der Waals surface area contributed by atoms with Crippen molar-refractivity contribution in [2.24, 2.45) is 0 Å². The number of piperidine rings is 1. The molecule has 0 radical (unpaired) electrons. The van der Waals surface area contributed by atoms with Crippen molar-refractivity contribution in [2.75, 3.05) is 13.1 Å². The molecule has 1 aliphatic carbocycles. The first-order valence-electron chi connectivity index (χ1n) is 9.12. The van der Waals surface area contributed by atoms with E-state index in [4.69, 9.17) is 4.74 Å². The molecule has 2 unspecified atom stereocenters. The van der Waals surface area contributed by atoms with Gasteiger partial charge in [0.25, 0.3) is 0 Å². The molecule has 1 amide bonds. The summed E-state index contributed by atoms with van der Waals surface area (Å²) in [6.07, 6.45) is 5.70. The number of likely N-dealkylation sites (tertiary alicyclic amines) is 1. The number of ether oxygens (including phenoxy) is 1. The van der Waals surface area contributed by atoms with Gasteiger partial charge in [0.1, 0.15) is 6.61 Å². The van der Waals surface area contributed by atoms with Crippen LogP contribution in [0.5, 0.6) is 0 Å². The average molecular weight is 332 g/mol. The number of nitrogens with zero attached hydrogens (tertiary/aromatic N) is 1. The Bertz CT molecular complexity index is 515. The van der Waals surface area contributed by atoms with Crippen molar-refractivity contribution in [1.82, 2.24) is 10.2 Å². The molecule has 0 bridgehead atoms. The van der Waals surface area contributed by atoms with Gasteiger partial charge in [-0.15, -0.1) is 0 Å². The van der Waals surface area contributed by atoms with E-state index < -0.39 is 0 Å². The Morgan fingerprint density at radius 2 is 1.83 bits per heavy atom. The molecule has 2 atom stereocenters. The molecule has 3 rings (SSSR count). The molecule has 2 aliphatic rings. The zero-order valence-corrected chi connectivity index (χ0v) is 14.2. The molecule has 1 aromatic rings. The van der Waals surface area contributed by atoms with Crippen molar-refractivity contribution in [3.8, 4) is 0 Å². The fourth-order valence-corrected chi connectivity index (χ4v) is 3.82. The number of hydrogen-bond acceptors (Lipinski definition) is 4. The number of aliphatic hydroxyl groups excluding tert-OH is 1. The van der Waals surface area contributed by atoms with Crippen molar-refractivity contribution in [1.29, 1.82) is 0 Å². The molecule has 24 heavy (non-hydrogen) atoms. The van der Waals surface area contributed by atoms with Crippen LogP contribution in [0, 0.1) is 0 Å². The first-order valence-corrected chi connectivity index (χ1v) is 9.12. The molecule has 2 fully saturated rings.